The van der Waals surface area contributed by atoms with E-state index < -0.39 is 11.2 Å². The summed E-state index contributed by atoms with van der Waals surface area (Å²) >= 11 is 1.31. The second kappa shape index (κ2) is 6.74. The summed E-state index contributed by atoms with van der Waals surface area (Å²) in [5, 5.41) is 0.329. The van der Waals surface area contributed by atoms with Crippen molar-refractivity contribution in [2.45, 2.75) is 51.1 Å². The summed E-state index contributed by atoms with van der Waals surface area (Å²) in [6, 6.07) is 0. The molecule has 0 saturated carbocycles. The van der Waals surface area contributed by atoms with E-state index in [-0.39, 0.29) is 11.0 Å². The number of aryl methyl sites for hydroxylation is 2. The van der Waals surface area contributed by atoms with Gasteiger partial charge in [0.15, 0.2) is 16.3 Å². The van der Waals surface area contributed by atoms with Crippen LogP contribution in [0.15, 0.2) is 14.7 Å². The molecule has 0 aliphatic rings. The first kappa shape index (κ1) is 17.5. The molecular formula is C15H22N4O3S. The maximum absolute atomic E-state index is 12.2. The molecule has 126 valence electrons. The molecule has 1 N–H and O–H groups in total. The van der Waals surface area contributed by atoms with Crippen LogP contribution < -0.4 is 11.2 Å². The largest absolute Gasteiger partial charge is 0.329 e. The lowest BCUT2D eigenvalue weighted by atomic mass is 10.1. The molecule has 23 heavy (non-hydrogen) atoms. The molecule has 2 heterocycles. The molecule has 0 saturated heterocycles. The average molecular weight is 338 g/mol. The molecule has 8 heteroatoms. The van der Waals surface area contributed by atoms with Crippen molar-refractivity contribution < 1.29 is 4.79 Å². The van der Waals surface area contributed by atoms with E-state index in [9.17, 15) is 14.4 Å². The lowest BCUT2D eigenvalue weighted by molar-refractivity contribution is -0.116. The van der Waals surface area contributed by atoms with Crippen molar-refractivity contribution in [3.63, 3.8) is 0 Å². The van der Waals surface area contributed by atoms with Crippen molar-refractivity contribution >= 4 is 28.7 Å². The van der Waals surface area contributed by atoms with Crippen molar-refractivity contribution in [3.05, 3.63) is 20.8 Å². The number of carbonyl (C=O) groups excluding carboxylic acids is 1. The van der Waals surface area contributed by atoms with Crippen LogP contribution in [0.5, 0.6) is 0 Å². The first-order chi connectivity index (χ1) is 10.7. The number of nitrogens with zero attached hydrogens (tertiary/aromatic N) is 3. The van der Waals surface area contributed by atoms with Crippen molar-refractivity contribution in [3.8, 4) is 0 Å². The summed E-state index contributed by atoms with van der Waals surface area (Å²) in [5.74, 6) is 0.502. The summed E-state index contributed by atoms with van der Waals surface area (Å²) in [6.45, 7) is 8.15. The van der Waals surface area contributed by atoms with Gasteiger partial charge in [-0.05, 0) is 26.2 Å². The van der Waals surface area contributed by atoms with Crippen molar-refractivity contribution in [1.29, 1.82) is 0 Å². The molecular weight excluding hydrogens is 316 g/mol. The highest BCUT2D eigenvalue weighted by molar-refractivity contribution is 8.00. The van der Waals surface area contributed by atoms with Gasteiger partial charge in [0, 0.05) is 13.6 Å². The Morgan fingerprint density at radius 1 is 1.30 bits per heavy atom. The summed E-state index contributed by atoms with van der Waals surface area (Å²) in [4.78, 5) is 42.3. The second-order valence-electron chi connectivity index (χ2n) is 6.09. The van der Waals surface area contributed by atoms with Crippen LogP contribution in [0.1, 0.15) is 34.1 Å². The predicted molar refractivity (Wildman–Crippen MR) is 91.0 cm³/mol. The molecule has 1 atom stereocenters. The number of aromatic nitrogens is 4. The van der Waals surface area contributed by atoms with Crippen LogP contribution in [0.2, 0.25) is 0 Å². The van der Waals surface area contributed by atoms with Gasteiger partial charge in [0.25, 0.3) is 5.56 Å². The number of carbonyl (C=O) groups is 1. The number of nitrogens with one attached hydrogen (secondary N) is 1. The lowest BCUT2D eigenvalue weighted by Crippen LogP contribution is -2.29. The van der Waals surface area contributed by atoms with Gasteiger partial charge in [0.2, 0.25) is 0 Å². The van der Waals surface area contributed by atoms with Gasteiger partial charge in [-0.25, -0.2) is 9.78 Å². The lowest BCUT2D eigenvalue weighted by Gasteiger charge is -2.12. The Labute approximate surface area is 138 Å². The van der Waals surface area contributed by atoms with Crippen LogP contribution in [-0.2, 0) is 18.4 Å². The second-order valence-corrected chi connectivity index (χ2v) is 7.40. The Hall–Kier alpha value is -1.83. The number of aromatic amines is 1. The van der Waals surface area contributed by atoms with Gasteiger partial charge in [-0.3, -0.25) is 19.1 Å². The monoisotopic (exact) mass is 338 g/mol. The van der Waals surface area contributed by atoms with E-state index in [4.69, 9.17) is 0 Å². The molecule has 0 spiro atoms. The Bertz CT molecular complexity index is 847. The van der Waals surface area contributed by atoms with E-state index in [0.29, 0.717) is 28.8 Å². The minimum absolute atomic E-state index is 0.0419. The zero-order valence-corrected chi connectivity index (χ0v) is 14.9. The van der Waals surface area contributed by atoms with Gasteiger partial charge in [0.1, 0.15) is 5.78 Å². The summed E-state index contributed by atoms with van der Waals surface area (Å²) in [5.41, 5.74) is -0.208. The van der Waals surface area contributed by atoms with E-state index in [2.05, 4.69) is 23.8 Å². The highest BCUT2D eigenvalue weighted by Gasteiger charge is 2.20. The SMILES string of the molecule is CC(=O)[C@H](C)Sc1nc2c(c(=O)[nH]c(=O)n2C)n1CCC(C)C. The topological polar surface area (TPSA) is 89.8 Å². The van der Waals surface area contributed by atoms with Crippen molar-refractivity contribution in [1.82, 2.24) is 19.1 Å². The van der Waals surface area contributed by atoms with Crippen LogP contribution in [0.3, 0.4) is 0 Å². The predicted octanol–water partition coefficient (Wildman–Crippen LogP) is 1.54. The van der Waals surface area contributed by atoms with Crippen LogP contribution >= 0.6 is 11.8 Å². The van der Waals surface area contributed by atoms with Gasteiger partial charge in [0.05, 0.1) is 5.25 Å². The van der Waals surface area contributed by atoms with Gasteiger partial charge in [-0.15, -0.1) is 0 Å². The normalized spacial score (nSPS) is 13.0. The third-order valence-electron chi connectivity index (χ3n) is 3.76. The first-order valence-corrected chi connectivity index (χ1v) is 8.47. The van der Waals surface area contributed by atoms with Crippen LogP contribution in [-0.4, -0.2) is 30.1 Å². The Kier molecular flexibility index (Phi) is 5.13. The van der Waals surface area contributed by atoms with Crippen LogP contribution in [0, 0.1) is 5.92 Å². The zero-order chi connectivity index (χ0) is 17.3. The molecule has 0 radical (unpaired) electrons. The molecule has 0 unspecified atom stereocenters. The Balaban J connectivity index is 2.64. The fraction of sp³-hybridized carbons (Fsp3) is 0.600. The highest BCUT2D eigenvalue weighted by Crippen LogP contribution is 2.26. The number of H-pyrrole nitrogens is 1. The number of rotatable bonds is 6. The quantitative estimate of drug-likeness (QED) is 0.807. The Morgan fingerprint density at radius 2 is 1.96 bits per heavy atom. The highest BCUT2D eigenvalue weighted by atomic mass is 32.2. The molecule has 2 rings (SSSR count). The van der Waals surface area contributed by atoms with E-state index in [1.54, 1.807) is 7.05 Å². The smallest absolute Gasteiger partial charge is 0.313 e. The maximum atomic E-state index is 12.2. The minimum atomic E-state index is -0.493. The average Bonchev–Trinajstić information content (AvgIpc) is 2.81. The van der Waals surface area contributed by atoms with E-state index in [0.717, 1.165) is 6.42 Å². The molecule has 0 aliphatic heterocycles. The van der Waals surface area contributed by atoms with E-state index in [1.165, 1.54) is 23.3 Å². The summed E-state index contributed by atoms with van der Waals surface area (Å²) in [6.07, 6.45) is 0.871. The van der Waals surface area contributed by atoms with Crippen molar-refractivity contribution in [2.24, 2.45) is 13.0 Å². The number of hydrogen-bond donors (Lipinski definition) is 1. The maximum Gasteiger partial charge on any atom is 0.329 e. The number of imidazole rings is 1. The summed E-state index contributed by atoms with van der Waals surface area (Å²) < 4.78 is 3.14. The molecule has 0 amide bonds. The minimum Gasteiger partial charge on any atom is -0.313 e. The van der Waals surface area contributed by atoms with Crippen LogP contribution in [0.4, 0.5) is 0 Å². The fourth-order valence-corrected chi connectivity index (χ4v) is 3.07. The van der Waals surface area contributed by atoms with Crippen molar-refractivity contribution in [2.75, 3.05) is 0 Å². The molecule has 2 aromatic rings. The number of hydrogen-bond acceptors (Lipinski definition) is 5. The van der Waals surface area contributed by atoms with E-state index in [1.807, 2.05) is 11.5 Å². The molecule has 7 nitrogen and oxygen atoms in total. The van der Waals surface area contributed by atoms with Gasteiger partial charge in [-0.1, -0.05) is 25.6 Å². The Morgan fingerprint density at radius 3 is 2.52 bits per heavy atom. The molecule has 0 fully saturated rings. The fourth-order valence-electron chi connectivity index (χ4n) is 2.14. The number of Topliss-reactive ketones (excluding diaryl/α,β-unsaturated/α-hetero) is 1. The zero-order valence-electron chi connectivity index (χ0n) is 14.0. The van der Waals surface area contributed by atoms with Gasteiger partial charge < -0.3 is 4.57 Å². The van der Waals surface area contributed by atoms with Gasteiger partial charge in [-0.2, -0.15) is 0 Å². The van der Waals surface area contributed by atoms with Crippen LogP contribution in [0.25, 0.3) is 11.2 Å². The standard InChI is InChI=1S/C15H22N4O3S/c1-8(2)6-7-19-11-12(18(5)14(22)17-13(11)21)16-15(19)23-10(4)9(3)20/h8,10H,6-7H2,1-5H3,(H,17,21,22)/t10-/m0/s1. The van der Waals surface area contributed by atoms with Gasteiger partial charge >= 0.3 is 5.69 Å². The molecule has 0 aliphatic carbocycles. The molecule has 0 aromatic carbocycles. The first-order valence-electron chi connectivity index (χ1n) is 7.59. The van der Waals surface area contributed by atoms with E-state index >= 15 is 0 Å². The molecule has 0 bridgehead atoms. The third-order valence-corrected chi connectivity index (χ3v) is 4.96. The third kappa shape index (κ3) is 3.57. The number of fused-ring (bicyclic) bond motifs is 1. The number of ketones is 1. The number of thioether (sulfide) groups is 1. The summed E-state index contributed by atoms with van der Waals surface area (Å²) in [7, 11) is 1.57. The molecule has 2 aromatic heterocycles.